The van der Waals surface area contributed by atoms with E-state index in [1.165, 1.54) is 0 Å². The number of carbonyl (C=O) groups excluding carboxylic acids is 2. The Bertz CT molecular complexity index is 358. The van der Waals surface area contributed by atoms with E-state index in [0.717, 1.165) is 0 Å². The van der Waals surface area contributed by atoms with Crippen LogP contribution in [0.5, 0.6) is 0 Å². The van der Waals surface area contributed by atoms with Gasteiger partial charge in [0.2, 0.25) is 0 Å². The number of rotatable bonds is 1. The molecular formula is C9H11F3N2O3. The quantitative estimate of drug-likeness (QED) is 0.725. The van der Waals surface area contributed by atoms with Gasteiger partial charge in [-0.1, -0.05) is 6.92 Å². The predicted molar refractivity (Wildman–Crippen MR) is 48.4 cm³/mol. The molecule has 0 bridgehead atoms. The van der Waals surface area contributed by atoms with Gasteiger partial charge in [-0.25, -0.2) is 4.79 Å². The highest BCUT2D eigenvalue weighted by Gasteiger charge is 2.53. The van der Waals surface area contributed by atoms with Crippen molar-refractivity contribution in [2.45, 2.75) is 31.6 Å². The van der Waals surface area contributed by atoms with Crippen molar-refractivity contribution in [2.24, 2.45) is 5.92 Å². The summed E-state index contributed by atoms with van der Waals surface area (Å²) in [5.41, 5.74) is 0. The van der Waals surface area contributed by atoms with Crippen LogP contribution in [-0.4, -0.2) is 41.7 Å². The number of nitrogens with one attached hydrogen (secondary N) is 1. The normalized spacial score (nSPS) is 32.8. The van der Waals surface area contributed by atoms with E-state index in [2.05, 4.69) is 10.2 Å². The third-order valence-corrected chi connectivity index (χ3v) is 3.09. The number of carbonyl (C=O) groups is 2. The van der Waals surface area contributed by atoms with Crippen molar-refractivity contribution >= 4 is 11.9 Å². The highest BCUT2D eigenvalue weighted by Crippen LogP contribution is 2.32. The van der Waals surface area contributed by atoms with Crippen molar-refractivity contribution in [3.8, 4) is 0 Å². The number of hydrogen-bond acceptors (Lipinski definition) is 4. The van der Waals surface area contributed by atoms with Crippen LogP contribution in [0, 0.1) is 5.92 Å². The molecule has 0 spiro atoms. The van der Waals surface area contributed by atoms with E-state index >= 15 is 0 Å². The molecule has 0 radical (unpaired) electrons. The minimum Gasteiger partial charge on any atom is -0.329 e. The fraction of sp³-hybridized carbons (Fsp3) is 0.778. The van der Waals surface area contributed by atoms with Gasteiger partial charge < -0.3 is 10.2 Å². The van der Waals surface area contributed by atoms with Crippen molar-refractivity contribution in [1.82, 2.24) is 10.4 Å². The Kier molecular flexibility index (Phi) is 2.76. The molecule has 2 heterocycles. The van der Waals surface area contributed by atoms with Crippen LogP contribution < -0.4 is 5.32 Å². The van der Waals surface area contributed by atoms with Crippen LogP contribution in [0.1, 0.15) is 13.3 Å². The van der Waals surface area contributed by atoms with Gasteiger partial charge in [0.15, 0.2) is 0 Å². The lowest BCUT2D eigenvalue weighted by molar-refractivity contribution is -0.239. The van der Waals surface area contributed by atoms with Crippen LogP contribution in [-0.2, 0) is 14.4 Å². The Hall–Kier alpha value is -1.31. The smallest absolute Gasteiger partial charge is 0.329 e. The Balaban J connectivity index is 2.11. The van der Waals surface area contributed by atoms with Crippen molar-refractivity contribution < 1.29 is 27.6 Å². The van der Waals surface area contributed by atoms with Crippen LogP contribution in [0.4, 0.5) is 13.2 Å². The monoisotopic (exact) mass is 252 g/mol. The molecule has 0 aromatic rings. The van der Waals surface area contributed by atoms with Gasteiger partial charge in [-0.2, -0.15) is 18.2 Å². The van der Waals surface area contributed by atoms with Gasteiger partial charge in [-0.3, -0.25) is 4.79 Å². The molecule has 0 saturated carbocycles. The summed E-state index contributed by atoms with van der Waals surface area (Å²) in [5, 5.41) is 3.58. The van der Waals surface area contributed by atoms with Crippen LogP contribution in [0.15, 0.2) is 0 Å². The molecule has 2 aliphatic rings. The highest BCUT2D eigenvalue weighted by atomic mass is 19.4. The Morgan fingerprint density at radius 3 is 2.76 bits per heavy atom. The first-order valence-electron chi connectivity index (χ1n) is 5.18. The minimum absolute atomic E-state index is 0.247. The van der Waals surface area contributed by atoms with Gasteiger partial charge in [-0.05, 0) is 13.0 Å². The Morgan fingerprint density at radius 1 is 1.53 bits per heavy atom. The largest absolute Gasteiger partial charge is 0.493 e. The number of hydrogen-bond donors (Lipinski definition) is 1. The van der Waals surface area contributed by atoms with Crippen molar-refractivity contribution in [3.63, 3.8) is 0 Å². The molecule has 2 saturated heterocycles. The van der Waals surface area contributed by atoms with E-state index in [4.69, 9.17) is 0 Å². The van der Waals surface area contributed by atoms with Gasteiger partial charge in [0.25, 0.3) is 5.91 Å². The number of amides is 1. The molecule has 2 aliphatic heterocycles. The molecule has 2 rings (SSSR count). The first-order valence-corrected chi connectivity index (χ1v) is 5.18. The van der Waals surface area contributed by atoms with E-state index < -0.39 is 30.0 Å². The molecule has 8 heteroatoms. The molecule has 0 aromatic heterocycles. The van der Waals surface area contributed by atoms with Crippen molar-refractivity contribution in [2.75, 3.05) is 6.54 Å². The summed E-state index contributed by atoms with van der Waals surface area (Å²) in [4.78, 5) is 26.5. The molecule has 0 unspecified atom stereocenters. The van der Waals surface area contributed by atoms with Gasteiger partial charge in [0.1, 0.15) is 0 Å². The number of nitrogens with zero attached hydrogens (tertiary/aromatic N) is 1. The first kappa shape index (κ1) is 12.2. The van der Waals surface area contributed by atoms with Gasteiger partial charge in [-0.15, -0.1) is 0 Å². The number of halogens is 3. The van der Waals surface area contributed by atoms with E-state index in [9.17, 15) is 22.8 Å². The van der Waals surface area contributed by atoms with Gasteiger partial charge in [0, 0.05) is 6.04 Å². The zero-order valence-corrected chi connectivity index (χ0v) is 8.95. The first-order chi connectivity index (χ1) is 7.82. The van der Waals surface area contributed by atoms with E-state index in [0.29, 0.717) is 18.0 Å². The third-order valence-electron chi connectivity index (χ3n) is 3.09. The maximum Gasteiger partial charge on any atom is 0.493 e. The predicted octanol–water partition coefficient (Wildman–Crippen LogP) is 0.216. The van der Waals surface area contributed by atoms with E-state index in [1.807, 2.05) is 0 Å². The van der Waals surface area contributed by atoms with Crippen molar-refractivity contribution in [1.29, 1.82) is 0 Å². The van der Waals surface area contributed by atoms with Crippen LogP contribution in [0.2, 0.25) is 0 Å². The second kappa shape index (κ2) is 3.86. The lowest BCUT2D eigenvalue weighted by Gasteiger charge is -2.21. The fourth-order valence-electron chi connectivity index (χ4n) is 2.26. The summed E-state index contributed by atoms with van der Waals surface area (Å²) < 4.78 is 36.1. The number of fused-ring (bicyclic) bond motifs is 1. The molecule has 3 atom stereocenters. The average Bonchev–Trinajstić information content (AvgIpc) is 2.76. The van der Waals surface area contributed by atoms with Crippen molar-refractivity contribution in [3.05, 3.63) is 0 Å². The molecule has 5 nitrogen and oxygen atoms in total. The van der Waals surface area contributed by atoms with Gasteiger partial charge >= 0.3 is 12.1 Å². The summed E-state index contributed by atoms with van der Waals surface area (Å²) in [6.45, 7) is 2.19. The fourth-order valence-corrected chi connectivity index (χ4v) is 2.26. The van der Waals surface area contributed by atoms with Crippen LogP contribution in [0.25, 0.3) is 0 Å². The third kappa shape index (κ3) is 1.97. The SMILES string of the molecule is C[C@@H]1C(=O)N(OC(=O)C(F)(F)F)[C@H]2CCN[C@H]12. The second-order valence-electron chi connectivity index (χ2n) is 4.17. The lowest BCUT2D eigenvalue weighted by atomic mass is 10.0. The number of alkyl halides is 3. The maximum absolute atomic E-state index is 12.0. The molecule has 0 aliphatic carbocycles. The number of hydroxylamine groups is 2. The van der Waals surface area contributed by atoms with Crippen LogP contribution in [0.3, 0.4) is 0 Å². The lowest BCUT2D eigenvalue weighted by Crippen LogP contribution is -2.41. The molecule has 17 heavy (non-hydrogen) atoms. The summed E-state index contributed by atoms with van der Waals surface area (Å²) in [7, 11) is 0. The second-order valence-corrected chi connectivity index (χ2v) is 4.17. The average molecular weight is 252 g/mol. The van der Waals surface area contributed by atoms with E-state index in [1.54, 1.807) is 6.92 Å². The molecule has 0 aromatic carbocycles. The minimum atomic E-state index is -5.09. The summed E-state index contributed by atoms with van der Waals surface area (Å²) in [5.74, 6) is -3.43. The topological polar surface area (TPSA) is 58.6 Å². The van der Waals surface area contributed by atoms with Crippen LogP contribution >= 0.6 is 0 Å². The molecular weight excluding hydrogens is 241 g/mol. The molecule has 2 fully saturated rings. The Labute approximate surface area is 94.8 Å². The molecule has 96 valence electrons. The zero-order valence-electron chi connectivity index (χ0n) is 8.95. The standard InChI is InChI=1S/C9H11F3N2O3/c1-4-6-5(2-3-13-6)14(7(4)15)17-8(16)9(10,11)12/h4-6,13H,2-3H2,1H3/t4-,5-,6+/m0/s1. The molecule has 1 amide bonds. The maximum atomic E-state index is 12.0. The van der Waals surface area contributed by atoms with E-state index in [-0.39, 0.29) is 6.04 Å². The summed E-state index contributed by atoms with van der Waals surface area (Å²) in [6, 6.07) is -0.743. The zero-order chi connectivity index (χ0) is 12.8. The van der Waals surface area contributed by atoms with Gasteiger partial charge in [0.05, 0.1) is 12.0 Å². The molecule has 1 N–H and O–H groups in total. The summed E-state index contributed by atoms with van der Waals surface area (Å²) >= 11 is 0. The summed E-state index contributed by atoms with van der Waals surface area (Å²) in [6.07, 6.45) is -4.61. The Morgan fingerprint density at radius 2 is 2.18 bits per heavy atom. The highest BCUT2D eigenvalue weighted by molar-refractivity contribution is 5.84.